The summed E-state index contributed by atoms with van der Waals surface area (Å²) < 4.78 is 2.40. The van der Waals surface area contributed by atoms with Crippen molar-refractivity contribution in [1.82, 2.24) is 40.4 Å². The number of amides is 4. The van der Waals surface area contributed by atoms with E-state index in [4.69, 9.17) is 9.97 Å². The molecule has 5 N–H and O–H groups in total. The summed E-state index contributed by atoms with van der Waals surface area (Å²) in [5, 5.41) is 14.8. The third kappa shape index (κ3) is 7.55. The first-order chi connectivity index (χ1) is 27.4. The van der Waals surface area contributed by atoms with Gasteiger partial charge >= 0.3 is 0 Å². The SMILES string of the molecule is CC(=O)N[C@H](C(=O)N1CCCC1c1nc2ccc(-c3cc4sc(-c5ccc6nc(C7CCCN7C(=O)[C@@H](NC(=O)CO)C(C)C)[nH]c6c5)cc4s3)cc2[nH]1)C(C)C. The molecule has 298 valence electrons. The summed E-state index contributed by atoms with van der Waals surface area (Å²) in [7, 11) is 0. The fourth-order valence-corrected chi connectivity index (χ4v) is 10.6. The number of rotatable bonds is 11. The number of aliphatic hydroxyl groups excluding tert-OH is 1. The normalized spacial score (nSPS) is 18.4. The molecule has 2 unspecified atom stereocenters. The number of H-pyrrole nitrogens is 2. The Morgan fingerprint density at radius 1 is 0.737 bits per heavy atom. The lowest BCUT2D eigenvalue weighted by atomic mass is 10.0. The molecule has 0 saturated carbocycles. The van der Waals surface area contributed by atoms with E-state index in [1.165, 1.54) is 16.3 Å². The summed E-state index contributed by atoms with van der Waals surface area (Å²) in [5.74, 6) is 0.349. The molecule has 13 nitrogen and oxygen atoms in total. The number of carbonyl (C=O) groups is 4. The van der Waals surface area contributed by atoms with E-state index in [0.717, 1.165) is 80.3 Å². The minimum atomic E-state index is -0.719. The van der Waals surface area contributed by atoms with Gasteiger partial charge in [-0.1, -0.05) is 39.8 Å². The lowest BCUT2D eigenvalue weighted by Gasteiger charge is -2.30. The minimum absolute atomic E-state index is 0.0281. The number of benzene rings is 2. The van der Waals surface area contributed by atoms with Crippen molar-refractivity contribution < 1.29 is 24.3 Å². The molecule has 6 heterocycles. The van der Waals surface area contributed by atoms with E-state index >= 15 is 0 Å². The first-order valence-corrected chi connectivity index (χ1v) is 21.3. The van der Waals surface area contributed by atoms with Crippen LogP contribution in [0.1, 0.15) is 84.0 Å². The van der Waals surface area contributed by atoms with Crippen molar-refractivity contribution in [2.45, 2.75) is 84.5 Å². The van der Waals surface area contributed by atoms with Crippen LogP contribution in [0.4, 0.5) is 0 Å². The standard InChI is InChI=1S/C42H48N8O5S2/c1-21(2)37(43-23(5)52)41(54)49-14-6-8-30(49)39-44-26-12-10-24(16-28(26)46-39)32-18-34-35(56-32)19-33(57-34)25-11-13-27-29(17-25)47-40(45-27)31-9-7-15-50(31)42(55)38(22(3)4)48-36(53)20-51/h10-13,16-19,21-22,30-31,37-38,51H,6-9,14-15,20H2,1-5H3,(H,43,52)(H,44,46)(H,45,47)(H,48,53)/t30?,31?,37-,38-/m0/s1. The Morgan fingerprint density at radius 3 is 1.61 bits per heavy atom. The second-order valence-electron chi connectivity index (χ2n) is 15.9. The Hall–Kier alpha value is -5.12. The van der Waals surface area contributed by atoms with Gasteiger partial charge in [0.1, 0.15) is 30.3 Å². The van der Waals surface area contributed by atoms with Crippen LogP contribution in [0.15, 0.2) is 48.5 Å². The zero-order chi connectivity index (χ0) is 40.1. The lowest BCUT2D eigenvalue weighted by Crippen LogP contribution is -2.51. The van der Waals surface area contributed by atoms with Crippen LogP contribution < -0.4 is 10.6 Å². The molecule has 0 aliphatic carbocycles. The molecule has 15 heteroatoms. The monoisotopic (exact) mass is 808 g/mol. The third-order valence-electron chi connectivity index (χ3n) is 11.2. The summed E-state index contributed by atoms with van der Waals surface area (Å²) in [6.07, 6.45) is 3.31. The number of imidazole rings is 2. The van der Waals surface area contributed by atoms with Gasteiger partial charge in [0, 0.05) is 39.2 Å². The smallest absolute Gasteiger partial charge is 0.246 e. The van der Waals surface area contributed by atoms with Crippen molar-refractivity contribution >= 4 is 77.8 Å². The van der Waals surface area contributed by atoms with Gasteiger partial charge in [0.2, 0.25) is 23.6 Å². The second kappa shape index (κ2) is 15.7. The predicted octanol–water partition coefficient (Wildman–Crippen LogP) is 6.67. The average molecular weight is 809 g/mol. The molecule has 2 aromatic carbocycles. The Bertz CT molecular complexity index is 2470. The molecule has 8 rings (SSSR count). The largest absolute Gasteiger partial charge is 0.387 e. The molecule has 4 amide bonds. The summed E-state index contributed by atoms with van der Waals surface area (Å²) in [6.45, 7) is 9.67. The highest BCUT2D eigenvalue weighted by Gasteiger charge is 2.38. The Labute approximate surface area is 338 Å². The number of aromatic nitrogens is 4. The van der Waals surface area contributed by atoms with Crippen molar-refractivity contribution in [1.29, 1.82) is 0 Å². The topological polar surface area (TPSA) is 176 Å². The zero-order valence-electron chi connectivity index (χ0n) is 32.7. The van der Waals surface area contributed by atoms with E-state index in [-0.39, 0.29) is 41.6 Å². The molecule has 6 aromatic rings. The number of aromatic amines is 2. The van der Waals surface area contributed by atoms with Gasteiger partial charge in [-0.2, -0.15) is 0 Å². The molecule has 0 radical (unpaired) electrons. The molecule has 2 fully saturated rings. The molecule has 4 aromatic heterocycles. The Kier molecular flexibility index (Phi) is 10.7. The summed E-state index contributed by atoms with van der Waals surface area (Å²) in [5.41, 5.74) is 5.69. The molecule has 0 spiro atoms. The maximum Gasteiger partial charge on any atom is 0.246 e. The van der Waals surface area contributed by atoms with Crippen LogP contribution in [0.25, 0.3) is 52.3 Å². The molecular weight excluding hydrogens is 761 g/mol. The minimum Gasteiger partial charge on any atom is -0.387 e. The molecule has 4 atom stereocenters. The highest BCUT2D eigenvalue weighted by atomic mass is 32.1. The van der Waals surface area contributed by atoms with Crippen molar-refractivity contribution in [2.24, 2.45) is 11.8 Å². The third-order valence-corrected chi connectivity index (χ3v) is 13.6. The predicted molar refractivity (Wildman–Crippen MR) is 224 cm³/mol. The van der Waals surface area contributed by atoms with Crippen molar-refractivity contribution in [3.63, 3.8) is 0 Å². The van der Waals surface area contributed by atoms with Crippen LogP contribution in [0.3, 0.4) is 0 Å². The highest BCUT2D eigenvalue weighted by Crippen LogP contribution is 2.43. The van der Waals surface area contributed by atoms with Crippen LogP contribution in [-0.4, -0.2) is 90.3 Å². The van der Waals surface area contributed by atoms with Crippen molar-refractivity contribution in [3.05, 3.63) is 60.2 Å². The fraction of sp³-hybridized carbons (Fsp3) is 0.429. The summed E-state index contributed by atoms with van der Waals surface area (Å²) in [6, 6.07) is 15.3. The molecule has 2 aliphatic rings. The number of thiophene rings is 2. The van der Waals surface area contributed by atoms with E-state index in [1.807, 2.05) is 44.7 Å². The van der Waals surface area contributed by atoms with Crippen molar-refractivity contribution in [2.75, 3.05) is 19.7 Å². The van der Waals surface area contributed by atoms with Gasteiger partial charge in [-0.3, -0.25) is 19.2 Å². The quantitative estimate of drug-likeness (QED) is 0.0971. The Morgan fingerprint density at radius 2 is 1.19 bits per heavy atom. The average Bonchev–Trinajstić information content (AvgIpc) is 4.03. The van der Waals surface area contributed by atoms with Gasteiger partial charge in [-0.15, -0.1) is 22.7 Å². The number of hydrogen-bond acceptors (Lipinski definition) is 9. The Balaban J connectivity index is 0.992. The summed E-state index contributed by atoms with van der Waals surface area (Å²) in [4.78, 5) is 73.8. The van der Waals surface area contributed by atoms with E-state index in [0.29, 0.717) is 13.1 Å². The van der Waals surface area contributed by atoms with Crippen LogP contribution in [0.5, 0.6) is 0 Å². The maximum absolute atomic E-state index is 13.6. The van der Waals surface area contributed by atoms with Crippen LogP contribution in [0, 0.1) is 11.8 Å². The number of carbonyl (C=O) groups excluding carboxylic acids is 4. The van der Waals surface area contributed by atoms with Crippen LogP contribution in [0.2, 0.25) is 0 Å². The van der Waals surface area contributed by atoms with Gasteiger partial charge in [0.05, 0.1) is 34.2 Å². The number of nitrogens with one attached hydrogen (secondary N) is 4. The molecule has 2 aliphatic heterocycles. The van der Waals surface area contributed by atoms with E-state index in [2.05, 4.69) is 57.0 Å². The van der Waals surface area contributed by atoms with E-state index in [9.17, 15) is 24.3 Å². The van der Waals surface area contributed by atoms with Gasteiger partial charge in [0.15, 0.2) is 0 Å². The second-order valence-corrected chi connectivity index (χ2v) is 18.1. The molecule has 2 saturated heterocycles. The molecule has 57 heavy (non-hydrogen) atoms. The van der Waals surface area contributed by atoms with Gasteiger partial charge in [-0.25, -0.2) is 9.97 Å². The fourth-order valence-electron chi connectivity index (χ4n) is 8.25. The lowest BCUT2D eigenvalue weighted by molar-refractivity contribution is -0.139. The number of likely N-dealkylation sites (tertiary alicyclic amines) is 2. The van der Waals surface area contributed by atoms with Crippen LogP contribution in [-0.2, 0) is 19.2 Å². The van der Waals surface area contributed by atoms with E-state index < -0.39 is 24.6 Å². The zero-order valence-corrected chi connectivity index (χ0v) is 34.4. The first-order valence-electron chi connectivity index (χ1n) is 19.7. The summed E-state index contributed by atoms with van der Waals surface area (Å²) >= 11 is 3.49. The number of fused-ring (bicyclic) bond motifs is 3. The van der Waals surface area contributed by atoms with Gasteiger partial charge in [-0.05, 0) is 85.0 Å². The molecule has 0 bridgehead atoms. The molecular formula is C42H48N8O5S2. The maximum atomic E-state index is 13.6. The van der Waals surface area contributed by atoms with E-state index in [1.54, 1.807) is 27.6 Å². The highest BCUT2D eigenvalue weighted by molar-refractivity contribution is 7.31. The number of hydrogen-bond donors (Lipinski definition) is 5. The van der Waals surface area contributed by atoms with Gasteiger partial charge in [0.25, 0.3) is 0 Å². The first kappa shape index (κ1) is 38.7. The van der Waals surface area contributed by atoms with Crippen LogP contribution >= 0.6 is 22.7 Å². The van der Waals surface area contributed by atoms with Gasteiger partial charge < -0.3 is 35.5 Å². The number of nitrogens with zero attached hydrogens (tertiary/aromatic N) is 4. The van der Waals surface area contributed by atoms with Crippen molar-refractivity contribution in [3.8, 4) is 20.9 Å². The number of aliphatic hydroxyl groups is 1.